The van der Waals surface area contributed by atoms with Crippen LogP contribution in [0.1, 0.15) is 22.2 Å². The van der Waals surface area contributed by atoms with E-state index in [1.54, 1.807) is 47.4 Å². The number of ether oxygens (including phenoxy) is 1. The summed E-state index contributed by atoms with van der Waals surface area (Å²) in [5, 5.41) is 2.46. The summed E-state index contributed by atoms with van der Waals surface area (Å²) < 4.78 is 40.7. The largest absolute Gasteiger partial charge is 0.497 e. The Kier molecular flexibility index (Phi) is 7.64. The Morgan fingerprint density at radius 2 is 1.92 bits per heavy atom. The lowest BCUT2D eigenvalue weighted by atomic mass is 10.1. The Morgan fingerprint density at radius 3 is 2.67 bits per heavy atom. The predicted molar refractivity (Wildman–Crippen MR) is 148 cm³/mol. The number of nitrogens with zero attached hydrogens (tertiary/aromatic N) is 1. The Morgan fingerprint density at radius 1 is 1.05 bits per heavy atom. The third-order valence-corrected chi connectivity index (χ3v) is 8.40. The molecule has 0 aliphatic carbocycles. The van der Waals surface area contributed by atoms with Gasteiger partial charge in [0.25, 0.3) is 0 Å². The van der Waals surface area contributed by atoms with Gasteiger partial charge in [0.15, 0.2) is 0 Å². The fourth-order valence-corrected chi connectivity index (χ4v) is 6.11. The van der Waals surface area contributed by atoms with Crippen LogP contribution in [0.25, 0.3) is 10.9 Å². The average Bonchev–Trinajstić information content (AvgIpc) is 3.65. The maximum absolute atomic E-state index is 14.1. The van der Waals surface area contributed by atoms with E-state index in [2.05, 4.69) is 9.71 Å². The molecule has 2 aromatic carbocycles. The van der Waals surface area contributed by atoms with Crippen LogP contribution in [-0.2, 0) is 27.9 Å². The topological polar surface area (TPSA) is 122 Å². The molecule has 3 aromatic heterocycles. The minimum absolute atomic E-state index is 0.0430. The monoisotopic (exact) mass is 563 g/mol. The van der Waals surface area contributed by atoms with E-state index in [0.29, 0.717) is 28.0 Å². The predicted octanol–water partition coefficient (Wildman–Crippen LogP) is 4.44. The molecule has 1 atom stereocenters. The van der Waals surface area contributed by atoms with E-state index in [0.717, 1.165) is 4.88 Å². The summed E-state index contributed by atoms with van der Waals surface area (Å²) in [5.41, 5.74) is 0.633. The Balaban J connectivity index is 1.54. The summed E-state index contributed by atoms with van der Waals surface area (Å²) in [4.78, 5) is 30.9. The normalized spacial score (nSPS) is 12.3. The van der Waals surface area contributed by atoms with Gasteiger partial charge in [-0.2, -0.15) is 4.72 Å². The van der Waals surface area contributed by atoms with Crippen LogP contribution in [-0.4, -0.2) is 31.3 Å². The molecule has 0 saturated heterocycles. The molecule has 9 nitrogen and oxygen atoms in total. The summed E-state index contributed by atoms with van der Waals surface area (Å²) in [6, 6.07) is 20.0. The number of sulfonamides is 1. The van der Waals surface area contributed by atoms with E-state index in [1.165, 1.54) is 49.0 Å². The second-order valence-corrected chi connectivity index (χ2v) is 11.5. The standard InChI is InChI=1S/C28H25N3O6S2/c1-36-21-6-2-5-20(15-21)27(28(33)31(17-22-7-3-13-37-22)18-23-8-4-14-38-23)30-39(34,35)24-10-11-25-19(16-24)9-12-26(32)29-25/h2-16,27,30H,17-18H2,1H3,(H,29,32)/t27-/m0/s1. The number of amides is 1. The fraction of sp³-hybridized carbons (Fsp3) is 0.143. The molecule has 0 radical (unpaired) electrons. The zero-order valence-electron chi connectivity index (χ0n) is 20.9. The molecule has 5 aromatic rings. The molecule has 0 bridgehead atoms. The van der Waals surface area contributed by atoms with E-state index >= 15 is 0 Å². The van der Waals surface area contributed by atoms with Crippen molar-refractivity contribution in [2.75, 3.05) is 7.11 Å². The number of fused-ring (bicyclic) bond motifs is 1. The third-order valence-electron chi connectivity index (χ3n) is 6.12. The van der Waals surface area contributed by atoms with Gasteiger partial charge in [-0.1, -0.05) is 18.2 Å². The lowest BCUT2D eigenvalue weighted by Gasteiger charge is -2.27. The molecule has 0 aliphatic rings. The number of hydrogen-bond acceptors (Lipinski definition) is 7. The Bertz CT molecular complexity index is 1710. The number of carbonyl (C=O) groups is 1. The van der Waals surface area contributed by atoms with E-state index in [1.807, 2.05) is 17.5 Å². The first-order chi connectivity index (χ1) is 18.8. The highest BCUT2D eigenvalue weighted by Crippen LogP contribution is 2.27. The smallest absolute Gasteiger partial charge is 0.248 e. The molecular formula is C28H25N3O6S2. The quantitative estimate of drug-likeness (QED) is 0.259. The first-order valence-electron chi connectivity index (χ1n) is 12.0. The zero-order valence-corrected chi connectivity index (χ0v) is 22.5. The van der Waals surface area contributed by atoms with Crippen LogP contribution >= 0.6 is 11.3 Å². The third kappa shape index (κ3) is 6.11. The molecule has 5 rings (SSSR count). The van der Waals surface area contributed by atoms with E-state index < -0.39 is 22.0 Å². The molecule has 2 N–H and O–H groups in total. The highest BCUT2D eigenvalue weighted by molar-refractivity contribution is 7.89. The number of thiophene rings is 1. The second kappa shape index (κ2) is 11.3. The number of rotatable bonds is 10. The number of aromatic amines is 1. The van der Waals surface area contributed by atoms with Gasteiger partial charge >= 0.3 is 0 Å². The van der Waals surface area contributed by atoms with Crippen molar-refractivity contribution in [3.05, 3.63) is 117 Å². The van der Waals surface area contributed by atoms with Crippen molar-refractivity contribution in [1.29, 1.82) is 0 Å². The molecule has 3 heterocycles. The highest BCUT2D eigenvalue weighted by atomic mass is 32.2. The number of carbonyl (C=O) groups excluding carboxylic acids is 1. The Hall–Kier alpha value is -4.19. The summed E-state index contributed by atoms with van der Waals surface area (Å²) >= 11 is 1.50. The van der Waals surface area contributed by atoms with Crippen LogP contribution in [0.5, 0.6) is 5.75 Å². The SMILES string of the molecule is COc1cccc([C@H](NS(=O)(=O)c2ccc3[nH]c(=O)ccc3c2)C(=O)N(Cc2ccco2)Cc2cccs2)c1. The van der Waals surface area contributed by atoms with Gasteiger partial charge in [-0.25, -0.2) is 8.42 Å². The first kappa shape index (κ1) is 26.4. The van der Waals surface area contributed by atoms with Gasteiger partial charge in [0.1, 0.15) is 17.6 Å². The van der Waals surface area contributed by atoms with Crippen molar-refractivity contribution < 1.29 is 22.4 Å². The minimum Gasteiger partial charge on any atom is -0.497 e. The molecule has 0 saturated carbocycles. The van der Waals surface area contributed by atoms with Gasteiger partial charge in [-0.15, -0.1) is 11.3 Å². The number of nitrogens with one attached hydrogen (secondary N) is 2. The molecule has 39 heavy (non-hydrogen) atoms. The molecule has 0 unspecified atom stereocenters. The molecule has 1 amide bonds. The van der Waals surface area contributed by atoms with Crippen LogP contribution in [0.4, 0.5) is 0 Å². The van der Waals surface area contributed by atoms with Crippen LogP contribution in [0.3, 0.4) is 0 Å². The van der Waals surface area contributed by atoms with Crippen LogP contribution in [0, 0.1) is 0 Å². The molecule has 0 spiro atoms. The number of benzene rings is 2. The zero-order chi connectivity index (χ0) is 27.4. The minimum atomic E-state index is -4.18. The maximum atomic E-state index is 14.1. The van der Waals surface area contributed by atoms with Crippen molar-refractivity contribution in [3.63, 3.8) is 0 Å². The van der Waals surface area contributed by atoms with Gasteiger partial charge in [0, 0.05) is 16.5 Å². The van der Waals surface area contributed by atoms with Gasteiger partial charge in [0.05, 0.1) is 31.4 Å². The fourth-order valence-electron chi connectivity index (χ4n) is 4.18. The average molecular weight is 564 g/mol. The van der Waals surface area contributed by atoms with Gasteiger partial charge in [-0.3, -0.25) is 9.59 Å². The van der Waals surface area contributed by atoms with Crippen molar-refractivity contribution >= 4 is 38.2 Å². The van der Waals surface area contributed by atoms with Crippen LogP contribution in [0.15, 0.2) is 105 Å². The highest BCUT2D eigenvalue weighted by Gasteiger charge is 2.32. The summed E-state index contributed by atoms with van der Waals surface area (Å²) in [7, 11) is -2.68. The molecular weight excluding hydrogens is 538 g/mol. The van der Waals surface area contributed by atoms with E-state index in [4.69, 9.17) is 9.15 Å². The Labute approximate surface area is 228 Å². The van der Waals surface area contributed by atoms with Crippen molar-refractivity contribution in [1.82, 2.24) is 14.6 Å². The van der Waals surface area contributed by atoms with Crippen LogP contribution in [0.2, 0.25) is 0 Å². The lowest BCUT2D eigenvalue weighted by Crippen LogP contribution is -2.42. The number of methoxy groups -OCH3 is 1. The van der Waals surface area contributed by atoms with Crippen LogP contribution < -0.4 is 15.0 Å². The number of aromatic nitrogens is 1. The van der Waals surface area contributed by atoms with E-state index in [-0.39, 0.29) is 23.5 Å². The molecule has 200 valence electrons. The number of furan rings is 1. The number of pyridine rings is 1. The van der Waals surface area contributed by atoms with Crippen molar-refractivity contribution in [3.8, 4) is 5.75 Å². The number of hydrogen-bond donors (Lipinski definition) is 2. The lowest BCUT2D eigenvalue weighted by molar-refractivity contribution is -0.134. The molecule has 0 fully saturated rings. The summed E-state index contributed by atoms with van der Waals surface area (Å²) in [6.45, 7) is 0.415. The van der Waals surface area contributed by atoms with Crippen molar-refractivity contribution in [2.45, 2.75) is 24.0 Å². The first-order valence-corrected chi connectivity index (χ1v) is 14.3. The van der Waals surface area contributed by atoms with Gasteiger partial charge in [0.2, 0.25) is 21.5 Å². The summed E-state index contributed by atoms with van der Waals surface area (Å²) in [6.07, 6.45) is 1.53. The maximum Gasteiger partial charge on any atom is 0.248 e. The molecule has 0 aliphatic heterocycles. The second-order valence-electron chi connectivity index (χ2n) is 8.76. The van der Waals surface area contributed by atoms with Gasteiger partial charge in [-0.05, 0) is 70.9 Å². The molecule has 11 heteroatoms. The van der Waals surface area contributed by atoms with Gasteiger partial charge < -0.3 is 19.0 Å². The number of H-pyrrole nitrogens is 1. The van der Waals surface area contributed by atoms with Crippen molar-refractivity contribution in [2.24, 2.45) is 0 Å². The summed E-state index contributed by atoms with van der Waals surface area (Å²) in [5.74, 6) is 0.590. The van der Waals surface area contributed by atoms with E-state index in [9.17, 15) is 18.0 Å².